The van der Waals surface area contributed by atoms with Gasteiger partial charge in [-0.15, -0.1) is 0 Å². The van der Waals surface area contributed by atoms with E-state index in [0.717, 1.165) is 25.2 Å². The molecule has 2 N–H and O–H groups in total. The van der Waals surface area contributed by atoms with Crippen LogP contribution >= 0.6 is 23.8 Å². The van der Waals surface area contributed by atoms with E-state index >= 15 is 0 Å². The molecule has 2 aromatic rings. The second-order valence-electron chi connectivity index (χ2n) is 5.00. The number of halogens is 1. The Balaban J connectivity index is 1.67. The van der Waals surface area contributed by atoms with Gasteiger partial charge in [0.25, 0.3) is 0 Å². The number of nitrogens with one attached hydrogen (secondary N) is 2. The average Bonchev–Trinajstić information content (AvgIpc) is 2.52. The SMILES string of the molecule is CN(CCCNC(=S)Nc1cccc(Cl)c1)c1ccccc1. The van der Waals surface area contributed by atoms with Crippen LogP contribution in [0.25, 0.3) is 0 Å². The van der Waals surface area contributed by atoms with Crippen molar-refractivity contribution in [2.75, 3.05) is 30.4 Å². The van der Waals surface area contributed by atoms with Crippen molar-refractivity contribution in [3.8, 4) is 0 Å². The van der Waals surface area contributed by atoms with Crippen molar-refractivity contribution >= 4 is 40.3 Å². The summed E-state index contributed by atoms with van der Waals surface area (Å²) in [6.45, 7) is 1.79. The van der Waals surface area contributed by atoms with Crippen LogP contribution in [0, 0.1) is 0 Å². The second kappa shape index (κ2) is 8.61. The minimum absolute atomic E-state index is 0.615. The van der Waals surface area contributed by atoms with Crippen LogP contribution in [0.5, 0.6) is 0 Å². The van der Waals surface area contributed by atoms with Crippen LogP contribution in [-0.2, 0) is 0 Å². The summed E-state index contributed by atoms with van der Waals surface area (Å²) >= 11 is 11.2. The molecule has 0 amide bonds. The summed E-state index contributed by atoms with van der Waals surface area (Å²) < 4.78 is 0. The largest absolute Gasteiger partial charge is 0.375 e. The van der Waals surface area contributed by atoms with E-state index in [9.17, 15) is 0 Å². The van der Waals surface area contributed by atoms with Gasteiger partial charge in [0.1, 0.15) is 0 Å². The molecule has 0 radical (unpaired) electrons. The lowest BCUT2D eigenvalue weighted by atomic mass is 10.3. The monoisotopic (exact) mass is 333 g/mol. The van der Waals surface area contributed by atoms with Crippen LogP contribution in [0.2, 0.25) is 5.02 Å². The zero-order valence-corrected chi connectivity index (χ0v) is 14.1. The molecule has 0 aromatic heterocycles. The Hall–Kier alpha value is -1.78. The van der Waals surface area contributed by atoms with Gasteiger partial charge >= 0.3 is 0 Å². The molecule has 0 atom stereocenters. The van der Waals surface area contributed by atoms with Gasteiger partial charge in [0.15, 0.2) is 5.11 Å². The van der Waals surface area contributed by atoms with Gasteiger partial charge in [0, 0.05) is 36.5 Å². The lowest BCUT2D eigenvalue weighted by Crippen LogP contribution is -2.31. The van der Waals surface area contributed by atoms with Crippen molar-refractivity contribution in [2.24, 2.45) is 0 Å². The highest BCUT2D eigenvalue weighted by molar-refractivity contribution is 7.80. The average molecular weight is 334 g/mol. The molecule has 0 saturated carbocycles. The van der Waals surface area contributed by atoms with Crippen molar-refractivity contribution < 1.29 is 0 Å². The van der Waals surface area contributed by atoms with Crippen LogP contribution < -0.4 is 15.5 Å². The minimum Gasteiger partial charge on any atom is -0.375 e. The Morgan fingerprint density at radius 3 is 2.64 bits per heavy atom. The molecule has 116 valence electrons. The number of anilines is 2. The molecule has 0 bridgehead atoms. The van der Waals surface area contributed by atoms with Crippen molar-refractivity contribution in [2.45, 2.75) is 6.42 Å². The van der Waals surface area contributed by atoms with E-state index in [0.29, 0.717) is 10.1 Å². The Morgan fingerprint density at radius 1 is 1.14 bits per heavy atom. The Kier molecular flexibility index (Phi) is 6.49. The molecule has 0 saturated heterocycles. The smallest absolute Gasteiger partial charge is 0.170 e. The van der Waals surface area contributed by atoms with Gasteiger partial charge < -0.3 is 15.5 Å². The molecule has 0 spiro atoms. The van der Waals surface area contributed by atoms with E-state index in [4.69, 9.17) is 23.8 Å². The molecule has 0 unspecified atom stereocenters. The first kappa shape index (κ1) is 16.6. The summed E-state index contributed by atoms with van der Waals surface area (Å²) in [5.74, 6) is 0. The highest BCUT2D eigenvalue weighted by Gasteiger charge is 2.01. The number of para-hydroxylation sites is 1. The molecule has 22 heavy (non-hydrogen) atoms. The first-order valence-electron chi connectivity index (χ1n) is 7.22. The summed E-state index contributed by atoms with van der Waals surface area (Å²) in [5, 5.41) is 7.64. The van der Waals surface area contributed by atoms with Crippen LogP contribution in [-0.4, -0.2) is 25.2 Å². The summed E-state index contributed by atoms with van der Waals surface area (Å²) in [5.41, 5.74) is 2.12. The number of hydrogen-bond donors (Lipinski definition) is 2. The third kappa shape index (κ3) is 5.54. The van der Waals surface area contributed by atoms with Gasteiger partial charge in [-0.3, -0.25) is 0 Å². The number of nitrogens with zero attached hydrogens (tertiary/aromatic N) is 1. The van der Waals surface area contributed by atoms with Gasteiger partial charge in [-0.05, 0) is 49.0 Å². The fourth-order valence-corrected chi connectivity index (χ4v) is 2.48. The fraction of sp³-hybridized carbons (Fsp3) is 0.235. The van der Waals surface area contributed by atoms with Gasteiger partial charge in [-0.1, -0.05) is 35.9 Å². The maximum absolute atomic E-state index is 5.94. The molecular weight excluding hydrogens is 314 g/mol. The van der Waals surface area contributed by atoms with Crippen molar-refractivity contribution in [1.29, 1.82) is 0 Å². The maximum Gasteiger partial charge on any atom is 0.170 e. The van der Waals surface area contributed by atoms with E-state index in [1.807, 2.05) is 42.5 Å². The maximum atomic E-state index is 5.94. The van der Waals surface area contributed by atoms with Crippen LogP contribution in [0.15, 0.2) is 54.6 Å². The molecule has 3 nitrogen and oxygen atoms in total. The molecule has 2 rings (SSSR count). The van der Waals surface area contributed by atoms with E-state index in [-0.39, 0.29) is 0 Å². The lowest BCUT2D eigenvalue weighted by Gasteiger charge is -2.19. The molecule has 0 aliphatic heterocycles. The summed E-state index contributed by atoms with van der Waals surface area (Å²) in [4.78, 5) is 2.23. The van der Waals surface area contributed by atoms with Crippen LogP contribution in [0.1, 0.15) is 6.42 Å². The van der Waals surface area contributed by atoms with E-state index in [1.165, 1.54) is 5.69 Å². The number of thiocarbonyl (C=S) groups is 1. The quantitative estimate of drug-likeness (QED) is 0.613. The zero-order valence-electron chi connectivity index (χ0n) is 12.6. The minimum atomic E-state index is 0.615. The highest BCUT2D eigenvalue weighted by atomic mass is 35.5. The predicted molar refractivity (Wildman–Crippen MR) is 100 cm³/mol. The number of hydrogen-bond acceptors (Lipinski definition) is 2. The number of rotatable bonds is 6. The molecular formula is C17H20ClN3S. The van der Waals surface area contributed by atoms with Gasteiger partial charge in [-0.2, -0.15) is 0 Å². The van der Waals surface area contributed by atoms with Crippen molar-refractivity contribution in [1.82, 2.24) is 5.32 Å². The van der Waals surface area contributed by atoms with E-state index in [2.05, 4.69) is 34.7 Å². The van der Waals surface area contributed by atoms with E-state index in [1.54, 1.807) is 0 Å². The third-order valence-corrected chi connectivity index (χ3v) is 3.72. The molecule has 0 aliphatic rings. The topological polar surface area (TPSA) is 27.3 Å². The highest BCUT2D eigenvalue weighted by Crippen LogP contribution is 2.14. The molecule has 2 aromatic carbocycles. The van der Waals surface area contributed by atoms with Gasteiger partial charge in [0.05, 0.1) is 0 Å². The summed E-state index contributed by atoms with van der Waals surface area (Å²) in [6.07, 6.45) is 1.00. The molecule has 0 heterocycles. The Bertz CT molecular complexity index is 604. The number of benzene rings is 2. The van der Waals surface area contributed by atoms with Gasteiger partial charge in [-0.25, -0.2) is 0 Å². The van der Waals surface area contributed by atoms with Crippen LogP contribution in [0.3, 0.4) is 0 Å². The standard InChI is InChI=1S/C17H20ClN3S/c1-21(16-9-3-2-4-10-16)12-6-11-19-17(22)20-15-8-5-7-14(18)13-15/h2-5,7-10,13H,6,11-12H2,1H3,(H2,19,20,22). The first-order chi connectivity index (χ1) is 10.6. The fourth-order valence-electron chi connectivity index (χ4n) is 2.07. The normalized spacial score (nSPS) is 10.1. The van der Waals surface area contributed by atoms with Crippen molar-refractivity contribution in [3.05, 3.63) is 59.6 Å². The molecule has 0 aliphatic carbocycles. The molecule has 0 fully saturated rings. The Labute approximate surface area is 142 Å². The third-order valence-electron chi connectivity index (χ3n) is 3.24. The van der Waals surface area contributed by atoms with Gasteiger partial charge in [0.2, 0.25) is 0 Å². The zero-order chi connectivity index (χ0) is 15.8. The lowest BCUT2D eigenvalue weighted by molar-refractivity contribution is 0.755. The van der Waals surface area contributed by atoms with Crippen LogP contribution in [0.4, 0.5) is 11.4 Å². The second-order valence-corrected chi connectivity index (χ2v) is 5.85. The van der Waals surface area contributed by atoms with E-state index < -0.39 is 0 Å². The molecule has 5 heteroatoms. The summed E-state index contributed by atoms with van der Waals surface area (Å²) in [6, 6.07) is 17.9. The summed E-state index contributed by atoms with van der Waals surface area (Å²) in [7, 11) is 2.10. The first-order valence-corrected chi connectivity index (χ1v) is 8.00. The van der Waals surface area contributed by atoms with Crippen molar-refractivity contribution in [3.63, 3.8) is 0 Å². The predicted octanol–water partition coefficient (Wildman–Crippen LogP) is 4.15. The Morgan fingerprint density at radius 2 is 1.91 bits per heavy atom.